The number of hydrogen-bond acceptors (Lipinski definition) is 9. The van der Waals surface area contributed by atoms with Crippen molar-refractivity contribution in [2.45, 2.75) is 110 Å². The molecule has 0 aromatic rings. The average Bonchev–Trinajstić information content (AvgIpc) is 3.63. The van der Waals surface area contributed by atoms with Crippen LogP contribution in [-0.2, 0) is 38.1 Å². The summed E-state index contributed by atoms with van der Waals surface area (Å²) in [6, 6.07) is 0. The van der Waals surface area contributed by atoms with Crippen molar-refractivity contribution in [1.29, 1.82) is 0 Å². The van der Waals surface area contributed by atoms with Crippen molar-refractivity contribution in [2.75, 3.05) is 0 Å². The van der Waals surface area contributed by atoms with Gasteiger partial charge < -0.3 is 24.1 Å². The fourth-order valence-electron chi connectivity index (χ4n) is 9.54. The van der Waals surface area contributed by atoms with Crippen LogP contribution in [0.25, 0.3) is 0 Å². The molecule has 0 radical (unpaired) electrons. The van der Waals surface area contributed by atoms with Gasteiger partial charge in [0.25, 0.3) is 0 Å². The van der Waals surface area contributed by atoms with Crippen molar-refractivity contribution < 1.29 is 43.2 Å². The van der Waals surface area contributed by atoms with Crippen LogP contribution in [0.3, 0.4) is 0 Å². The number of carbonyl (C=O) groups excluding carboxylic acids is 4. The number of hydrogen-bond donors (Lipinski definition) is 1. The Morgan fingerprint density at radius 2 is 1.86 bits per heavy atom. The van der Waals surface area contributed by atoms with Gasteiger partial charge in [0.1, 0.15) is 23.4 Å². The van der Waals surface area contributed by atoms with Gasteiger partial charge in [-0.3, -0.25) is 9.59 Å². The normalized spacial score (nSPS) is 45.3. The smallest absolute Gasteiger partial charge is 0.333 e. The Morgan fingerprint density at radius 3 is 2.51 bits per heavy atom. The fourth-order valence-corrected chi connectivity index (χ4v) is 9.54. The number of ketones is 1. The van der Waals surface area contributed by atoms with Gasteiger partial charge in [-0.15, -0.1) is 0 Å². The Morgan fingerprint density at radius 1 is 1.14 bits per heavy atom. The van der Waals surface area contributed by atoms with Crippen LogP contribution in [0.15, 0.2) is 47.1 Å². The summed E-state index contributed by atoms with van der Waals surface area (Å²) in [4.78, 5) is 51.4. The quantitative estimate of drug-likeness (QED) is 0.165. The second-order valence-electron chi connectivity index (χ2n) is 13.8. The molecule has 0 aromatic heterocycles. The Balaban J connectivity index is 1.39. The molecule has 0 aromatic carbocycles. The summed E-state index contributed by atoms with van der Waals surface area (Å²) in [5.41, 5.74) is -1.95. The number of esters is 3. The van der Waals surface area contributed by atoms with E-state index in [-0.39, 0.29) is 23.6 Å². The summed E-state index contributed by atoms with van der Waals surface area (Å²) < 4.78 is 23.9. The molecule has 2 heterocycles. The Labute approximate surface area is 252 Å². The Kier molecular flexibility index (Phi) is 6.79. The lowest BCUT2D eigenvalue weighted by atomic mass is 9.42. The van der Waals surface area contributed by atoms with Gasteiger partial charge in [0, 0.05) is 36.3 Å². The first-order chi connectivity index (χ1) is 20.2. The highest BCUT2D eigenvalue weighted by Crippen LogP contribution is 2.74. The highest BCUT2D eigenvalue weighted by atomic mass is 16.7. The maximum Gasteiger partial charge on any atom is 0.333 e. The number of fused-ring (bicyclic) bond motifs is 4. The molecular formula is C34H42O9. The number of ether oxygens (including phenoxy) is 4. The second kappa shape index (κ2) is 9.73. The number of cyclic esters (lactones) is 1. The van der Waals surface area contributed by atoms with Crippen molar-refractivity contribution in [2.24, 2.45) is 28.6 Å². The number of allylic oxidation sites excluding steroid dienone is 2. The first-order valence-corrected chi connectivity index (χ1v) is 15.4. The van der Waals surface area contributed by atoms with Gasteiger partial charge in [-0.05, 0) is 77.0 Å². The largest absolute Gasteiger partial charge is 0.458 e. The molecule has 9 heteroatoms. The predicted octanol–water partition coefficient (Wildman–Crippen LogP) is 4.08. The third kappa shape index (κ3) is 3.82. The van der Waals surface area contributed by atoms with Crippen molar-refractivity contribution in [3.63, 3.8) is 0 Å². The lowest BCUT2D eigenvalue weighted by Crippen LogP contribution is -2.70. The van der Waals surface area contributed by atoms with E-state index in [1.165, 1.54) is 19.1 Å². The van der Waals surface area contributed by atoms with Crippen LogP contribution < -0.4 is 0 Å². The molecule has 6 rings (SSSR count). The number of aliphatic hydroxyl groups is 1. The van der Waals surface area contributed by atoms with Crippen LogP contribution in [0.2, 0.25) is 0 Å². The standard InChI is InChI=1S/C34H42O9/c1-8-9-29(37)42-26-11-10-25(36)32(7)21-12-13-31(6)22(19(4)24-14-17(2)18(3)30(38)41-24)15-27(40-20(5)35)33(31,39)23(21)16-28-34(26,32)43-28/h8-11,15,19,21,23-24,26-28,39H,12-14,16H2,1-7H3. The fraction of sp³-hybridized carbons (Fsp3) is 0.647. The topological polar surface area (TPSA) is 129 Å². The van der Waals surface area contributed by atoms with E-state index in [4.69, 9.17) is 18.9 Å². The van der Waals surface area contributed by atoms with E-state index in [0.29, 0.717) is 31.3 Å². The maximum absolute atomic E-state index is 13.8. The Hall–Kier alpha value is -3.04. The third-order valence-corrected chi connectivity index (χ3v) is 12.0. The summed E-state index contributed by atoms with van der Waals surface area (Å²) in [6.07, 6.45) is 7.49. The van der Waals surface area contributed by atoms with Gasteiger partial charge in [0.2, 0.25) is 0 Å². The zero-order valence-corrected chi connectivity index (χ0v) is 26.0. The van der Waals surface area contributed by atoms with Crippen LogP contribution in [0.1, 0.15) is 74.1 Å². The SMILES string of the molecule is CC=CC(=O)OC1C=CC(=O)C2(C)C3CCC4(C)C(C(C)C5CC(C)=C(C)C(=O)O5)=CC(OC(C)=O)C4(O)C3CC3OC132. The predicted molar refractivity (Wildman–Crippen MR) is 154 cm³/mol. The molecule has 2 aliphatic heterocycles. The summed E-state index contributed by atoms with van der Waals surface area (Å²) in [6.45, 7) is 12.6. The van der Waals surface area contributed by atoms with Gasteiger partial charge in [0.05, 0.1) is 11.5 Å². The molecule has 9 nitrogen and oxygen atoms in total. The van der Waals surface area contributed by atoms with Crippen molar-refractivity contribution in [3.05, 3.63) is 47.1 Å². The van der Waals surface area contributed by atoms with Gasteiger partial charge in [-0.1, -0.05) is 31.1 Å². The van der Waals surface area contributed by atoms with E-state index < -0.39 is 64.3 Å². The molecule has 11 atom stereocenters. The van der Waals surface area contributed by atoms with Gasteiger partial charge in [0.15, 0.2) is 11.9 Å². The molecule has 11 unspecified atom stereocenters. The average molecular weight is 595 g/mol. The summed E-state index contributed by atoms with van der Waals surface area (Å²) in [7, 11) is 0. The lowest BCUT2D eigenvalue weighted by molar-refractivity contribution is -0.225. The number of rotatable bonds is 5. The van der Waals surface area contributed by atoms with Gasteiger partial charge in [-0.25, -0.2) is 9.59 Å². The van der Waals surface area contributed by atoms with Crippen LogP contribution in [-0.4, -0.2) is 64.4 Å². The first kappa shape index (κ1) is 30.0. The summed E-state index contributed by atoms with van der Waals surface area (Å²) in [5, 5.41) is 13.0. The zero-order chi connectivity index (χ0) is 31.3. The molecule has 6 aliphatic rings. The summed E-state index contributed by atoms with van der Waals surface area (Å²) >= 11 is 0. The zero-order valence-electron chi connectivity index (χ0n) is 26.0. The second-order valence-corrected chi connectivity index (χ2v) is 13.8. The van der Waals surface area contributed by atoms with Gasteiger partial charge >= 0.3 is 17.9 Å². The summed E-state index contributed by atoms with van der Waals surface area (Å²) in [5.74, 6) is -2.51. The number of epoxide rings is 1. The van der Waals surface area contributed by atoms with E-state index in [9.17, 15) is 24.3 Å². The minimum atomic E-state index is -1.54. The van der Waals surface area contributed by atoms with Crippen LogP contribution >= 0.6 is 0 Å². The molecule has 43 heavy (non-hydrogen) atoms. The van der Waals surface area contributed by atoms with E-state index in [2.05, 4.69) is 0 Å². The van der Waals surface area contributed by atoms with E-state index in [1.54, 1.807) is 26.0 Å². The molecule has 2 saturated carbocycles. The molecule has 232 valence electrons. The molecule has 0 amide bonds. The molecule has 3 fully saturated rings. The minimum absolute atomic E-state index is 0.120. The lowest BCUT2D eigenvalue weighted by Gasteiger charge is -2.61. The molecule has 0 bridgehead atoms. The van der Waals surface area contributed by atoms with Crippen molar-refractivity contribution in [1.82, 2.24) is 0 Å². The highest BCUT2D eigenvalue weighted by molar-refractivity contribution is 5.98. The van der Waals surface area contributed by atoms with Crippen LogP contribution in [0.5, 0.6) is 0 Å². The van der Waals surface area contributed by atoms with Crippen molar-refractivity contribution >= 4 is 23.7 Å². The molecule has 1 N–H and O–H groups in total. The molecule has 1 saturated heterocycles. The van der Waals surface area contributed by atoms with Crippen LogP contribution in [0.4, 0.5) is 0 Å². The third-order valence-electron chi connectivity index (χ3n) is 12.0. The molecule has 4 aliphatic carbocycles. The monoisotopic (exact) mass is 594 g/mol. The maximum atomic E-state index is 13.8. The highest BCUT2D eigenvalue weighted by Gasteiger charge is 2.83. The van der Waals surface area contributed by atoms with E-state index >= 15 is 0 Å². The minimum Gasteiger partial charge on any atom is -0.458 e. The first-order valence-electron chi connectivity index (χ1n) is 15.4. The number of carbonyl (C=O) groups is 4. The van der Waals surface area contributed by atoms with E-state index in [1.807, 2.05) is 33.8 Å². The van der Waals surface area contributed by atoms with E-state index in [0.717, 1.165) is 11.1 Å². The van der Waals surface area contributed by atoms with Gasteiger partial charge in [-0.2, -0.15) is 0 Å². The Bertz CT molecular complexity index is 1420. The molecular weight excluding hydrogens is 552 g/mol. The van der Waals surface area contributed by atoms with Crippen LogP contribution in [0, 0.1) is 28.6 Å². The van der Waals surface area contributed by atoms with Crippen molar-refractivity contribution in [3.8, 4) is 0 Å². The molecule has 1 spiro atoms.